The zero-order valence-corrected chi connectivity index (χ0v) is 12.2. The fourth-order valence-corrected chi connectivity index (χ4v) is 3.20. The fourth-order valence-electron chi connectivity index (χ4n) is 1.72. The highest BCUT2D eigenvalue weighted by Gasteiger charge is 2.04. The molecule has 0 fully saturated rings. The average molecular weight is 341 g/mol. The Kier molecular flexibility index (Phi) is 3.48. The number of fused-ring (bicyclic) bond motifs is 1. The minimum atomic E-state index is -0.326. The van der Waals surface area contributed by atoms with E-state index in [1.165, 1.54) is 21.7 Å². The second-order valence-electron chi connectivity index (χ2n) is 3.97. The molecule has 0 amide bonds. The fraction of sp³-hybridized carbons (Fsp3) is 0.167. The number of aromatic nitrogens is 3. The van der Waals surface area contributed by atoms with Crippen LogP contribution < -0.4 is 5.32 Å². The largest absolute Gasteiger partial charge is 0.353 e. The molecule has 0 aromatic carbocycles. The molecule has 0 spiro atoms. The highest BCUT2D eigenvalue weighted by Crippen LogP contribution is 2.22. The summed E-state index contributed by atoms with van der Waals surface area (Å²) in [5.74, 6) is 0.189. The van der Waals surface area contributed by atoms with Crippen molar-refractivity contribution in [2.75, 3.05) is 11.9 Å². The topological polar surface area (TPSA) is 42.2 Å². The maximum atomic E-state index is 13.0. The van der Waals surface area contributed by atoms with Crippen molar-refractivity contribution in [1.29, 1.82) is 0 Å². The number of hydrogen-bond acceptors (Lipinski definition) is 4. The minimum absolute atomic E-state index is 0.326. The van der Waals surface area contributed by atoms with Gasteiger partial charge in [-0.05, 0) is 46.6 Å². The molecular formula is C12H10BrFN4S. The van der Waals surface area contributed by atoms with Gasteiger partial charge in [0.2, 0.25) is 5.95 Å². The van der Waals surface area contributed by atoms with Crippen molar-refractivity contribution in [2.45, 2.75) is 6.42 Å². The van der Waals surface area contributed by atoms with Gasteiger partial charge >= 0.3 is 0 Å². The summed E-state index contributed by atoms with van der Waals surface area (Å²) in [6.45, 7) is 0.742. The summed E-state index contributed by atoms with van der Waals surface area (Å²) in [7, 11) is 0. The molecule has 98 valence electrons. The Balaban J connectivity index is 1.65. The lowest BCUT2D eigenvalue weighted by molar-refractivity contribution is 0.615. The van der Waals surface area contributed by atoms with Crippen molar-refractivity contribution in [3.05, 3.63) is 44.9 Å². The van der Waals surface area contributed by atoms with Crippen molar-refractivity contribution in [2.24, 2.45) is 0 Å². The van der Waals surface area contributed by atoms with Crippen LogP contribution in [0.4, 0.5) is 10.3 Å². The van der Waals surface area contributed by atoms with Crippen molar-refractivity contribution in [1.82, 2.24) is 14.6 Å². The van der Waals surface area contributed by atoms with Gasteiger partial charge in [0.1, 0.15) is 5.82 Å². The van der Waals surface area contributed by atoms with Crippen LogP contribution in [0.1, 0.15) is 4.88 Å². The Labute approximate surface area is 121 Å². The normalized spacial score (nSPS) is 11.1. The summed E-state index contributed by atoms with van der Waals surface area (Å²) in [6, 6.07) is 7.09. The SMILES string of the molecule is Fc1ccc2nc(NCCc3ccc(Br)s3)nn2c1. The van der Waals surface area contributed by atoms with Gasteiger partial charge in [-0.3, -0.25) is 0 Å². The van der Waals surface area contributed by atoms with Crippen LogP contribution in [0.2, 0.25) is 0 Å². The Bertz CT molecular complexity index is 709. The summed E-state index contributed by atoms with van der Waals surface area (Å²) in [5, 5.41) is 7.30. The number of thiophene rings is 1. The molecule has 0 radical (unpaired) electrons. The Morgan fingerprint density at radius 2 is 2.21 bits per heavy atom. The maximum Gasteiger partial charge on any atom is 0.243 e. The van der Waals surface area contributed by atoms with Crippen LogP contribution in [0.3, 0.4) is 0 Å². The van der Waals surface area contributed by atoms with Crippen LogP contribution >= 0.6 is 27.3 Å². The van der Waals surface area contributed by atoms with Gasteiger partial charge in [-0.2, -0.15) is 4.98 Å². The number of pyridine rings is 1. The molecule has 3 aromatic heterocycles. The summed E-state index contributed by atoms with van der Waals surface area (Å²) in [6.07, 6.45) is 2.21. The second kappa shape index (κ2) is 5.26. The zero-order valence-electron chi connectivity index (χ0n) is 9.81. The van der Waals surface area contributed by atoms with E-state index in [2.05, 4.69) is 37.4 Å². The zero-order chi connectivity index (χ0) is 13.2. The molecule has 3 aromatic rings. The van der Waals surface area contributed by atoms with Crippen LogP contribution in [-0.2, 0) is 6.42 Å². The molecule has 7 heteroatoms. The summed E-state index contributed by atoms with van der Waals surface area (Å²) >= 11 is 5.14. The van der Waals surface area contributed by atoms with E-state index in [-0.39, 0.29) is 5.82 Å². The first-order valence-electron chi connectivity index (χ1n) is 5.71. The lowest BCUT2D eigenvalue weighted by Gasteiger charge is -1.98. The van der Waals surface area contributed by atoms with Crippen LogP contribution in [0.25, 0.3) is 5.65 Å². The highest BCUT2D eigenvalue weighted by molar-refractivity contribution is 9.11. The molecule has 0 aliphatic carbocycles. The van der Waals surface area contributed by atoms with Gasteiger partial charge in [0, 0.05) is 11.4 Å². The minimum Gasteiger partial charge on any atom is -0.353 e. The van der Waals surface area contributed by atoms with Crippen LogP contribution in [0.5, 0.6) is 0 Å². The molecule has 0 atom stereocenters. The Hall–Kier alpha value is -1.47. The molecule has 0 aliphatic heterocycles. The van der Waals surface area contributed by atoms with Gasteiger partial charge in [-0.15, -0.1) is 16.4 Å². The third-order valence-electron chi connectivity index (χ3n) is 2.58. The number of nitrogens with one attached hydrogen (secondary N) is 1. The van der Waals surface area contributed by atoms with Crippen molar-refractivity contribution in [3.8, 4) is 0 Å². The summed E-state index contributed by atoms with van der Waals surface area (Å²) in [5.41, 5.74) is 0.628. The molecule has 0 saturated carbocycles. The van der Waals surface area contributed by atoms with E-state index in [4.69, 9.17) is 0 Å². The van der Waals surface area contributed by atoms with Crippen molar-refractivity contribution < 1.29 is 4.39 Å². The van der Waals surface area contributed by atoms with Gasteiger partial charge in [0.05, 0.1) is 9.98 Å². The first-order chi connectivity index (χ1) is 9.20. The van der Waals surface area contributed by atoms with E-state index >= 15 is 0 Å². The van der Waals surface area contributed by atoms with Crippen LogP contribution in [0.15, 0.2) is 34.2 Å². The van der Waals surface area contributed by atoms with E-state index in [9.17, 15) is 4.39 Å². The first kappa shape index (κ1) is 12.6. The summed E-state index contributed by atoms with van der Waals surface area (Å²) < 4.78 is 15.6. The molecular weight excluding hydrogens is 331 g/mol. The smallest absolute Gasteiger partial charge is 0.243 e. The molecule has 0 aliphatic rings. The molecule has 0 saturated heterocycles. The number of halogens is 2. The van der Waals surface area contributed by atoms with Gasteiger partial charge < -0.3 is 5.32 Å². The third kappa shape index (κ3) is 2.93. The molecule has 3 heterocycles. The van der Waals surface area contributed by atoms with E-state index in [0.29, 0.717) is 11.6 Å². The standard InChI is InChI=1S/C12H10BrFN4S/c13-10-3-2-9(19-10)5-6-15-12-16-11-4-1-8(14)7-18(11)17-12/h1-4,7H,5-6H2,(H,15,17). The average Bonchev–Trinajstić information content (AvgIpc) is 2.95. The van der Waals surface area contributed by atoms with Gasteiger partial charge in [0.15, 0.2) is 5.65 Å². The number of nitrogens with zero attached hydrogens (tertiary/aromatic N) is 3. The third-order valence-corrected chi connectivity index (χ3v) is 4.26. The number of rotatable bonds is 4. The molecule has 0 unspecified atom stereocenters. The molecule has 3 rings (SSSR count). The monoisotopic (exact) mass is 340 g/mol. The van der Waals surface area contributed by atoms with E-state index in [1.807, 2.05) is 6.07 Å². The van der Waals surface area contributed by atoms with Crippen molar-refractivity contribution >= 4 is 38.9 Å². The van der Waals surface area contributed by atoms with Gasteiger partial charge in [-0.25, -0.2) is 8.91 Å². The molecule has 0 bridgehead atoms. The Morgan fingerprint density at radius 3 is 3.00 bits per heavy atom. The number of hydrogen-bond donors (Lipinski definition) is 1. The second-order valence-corrected chi connectivity index (χ2v) is 6.52. The van der Waals surface area contributed by atoms with Gasteiger partial charge in [0.25, 0.3) is 0 Å². The molecule has 4 nitrogen and oxygen atoms in total. The van der Waals surface area contributed by atoms with Crippen LogP contribution in [-0.4, -0.2) is 21.1 Å². The van der Waals surface area contributed by atoms with E-state index in [0.717, 1.165) is 16.8 Å². The predicted molar refractivity (Wildman–Crippen MR) is 77.2 cm³/mol. The maximum absolute atomic E-state index is 13.0. The molecule has 1 N–H and O–H groups in total. The van der Waals surface area contributed by atoms with Crippen molar-refractivity contribution in [3.63, 3.8) is 0 Å². The number of anilines is 1. The predicted octanol–water partition coefficient (Wildman–Crippen LogP) is 3.35. The van der Waals surface area contributed by atoms with Crippen LogP contribution in [0, 0.1) is 5.82 Å². The lowest BCUT2D eigenvalue weighted by atomic mass is 10.3. The van der Waals surface area contributed by atoms with Gasteiger partial charge in [-0.1, -0.05) is 0 Å². The summed E-state index contributed by atoms with van der Waals surface area (Å²) in [4.78, 5) is 5.54. The van der Waals surface area contributed by atoms with E-state index in [1.54, 1.807) is 17.4 Å². The molecule has 19 heavy (non-hydrogen) atoms. The Morgan fingerprint density at radius 1 is 1.32 bits per heavy atom. The lowest BCUT2D eigenvalue weighted by Crippen LogP contribution is -2.05. The quantitative estimate of drug-likeness (QED) is 0.791. The highest BCUT2D eigenvalue weighted by atomic mass is 79.9. The first-order valence-corrected chi connectivity index (χ1v) is 7.32. The van der Waals surface area contributed by atoms with E-state index < -0.39 is 0 Å².